The molecule has 3 aromatic rings. The number of carbonyl (C=O) groups is 1. The van der Waals surface area contributed by atoms with Crippen molar-refractivity contribution < 1.29 is 34.4 Å². The van der Waals surface area contributed by atoms with Crippen LogP contribution in [0.5, 0.6) is 0 Å². The summed E-state index contributed by atoms with van der Waals surface area (Å²) in [4.78, 5) is 13.6. The molecule has 3 N–H and O–H groups in total. The van der Waals surface area contributed by atoms with Crippen LogP contribution in [-0.2, 0) is 11.3 Å². The van der Waals surface area contributed by atoms with E-state index >= 15 is 0 Å². The lowest BCUT2D eigenvalue weighted by atomic mass is 10.1. The van der Waals surface area contributed by atoms with Crippen LogP contribution in [0, 0.1) is 0 Å². The number of rotatable bonds is 7. The topological polar surface area (TPSA) is 100 Å². The van der Waals surface area contributed by atoms with Crippen LogP contribution in [0.3, 0.4) is 0 Å². The number of carbonyl (C=O) groups excluding carboxylic acids is 1. The Morgan fingerprint density at radius 3 is 2.39 bits per heavy atom. The van der Waals surface area contributed by atoms with Crippen LogP contribution in [-0.4, -0.2) is 37.5 Å². The Morgan fingerprint density at radius 1 is 1.19 bits per heavy atom. The molecule has 1 aromatic carbocycles. The standard InChI is InChI=1S/C18H17F5N4O3S/c1-2-16(30)25-9-14-17-13(15(29)10-28)7-8-24-18(17)27(26-14)11-3-5-12(6-4-11)31(19,20,21,22)23/h2-8,15,28-29H,1,9-10H2,(H,25,30)/t15-/m1/s1. The molecule has 7 nitrogen and oxygen atoms in total. The van der Waals surface area contributed by atoms with E-state index in [0.29, 0.717) is 0 Å². The van der Waals surface area contributed by atoms with Crippen molar-refractivity contribution in [2.45, 2.75) is 17.5 Å². The van der Waals surface area contributed by atoms with Gasteiger partial charge in [-0.1, -0.05) is 26.0 Å². The van der Waals surface area contributed by atoms with Gasteiger partial charge in [0.2, 0.25) is 5.91 Å². The van der Waals surface area contributed by atoms with E-state index in [2.05, 4.69) is 22.0 Å². The SMILES string of the molecule is C=CC(=O)NCc1nn(-c2ccc(S(F)(F)(F)(F)F)cc2)c2nccc([C@H](O)CO)c12. The highest BCUT2D eigenvalue weighted by atomic mass is 32.5. The first-order chi connectivity index (χ1) is 14.2. The van der Waals surface area contributed by atoms with Gasteiger partial charge in [0, 0.05) is 6.20 Å². The number of halogens is 5. The van der Waals surface area contributed by atoms with E-state index in [-0.39, 0.29) is 46.7 Å². The van der Waals surface area contributed by atoms with Gasteiger partial charge in [0.15, 0.2) is 5.65 Å². The first-order valence-corrected chi connectivity index (χ1v) is 10.6. The van der Waals surface area contributed by atoms with Gasteiger partial charge < -0.3 is 15.5 Å². The maximum atomic E-state index is 13.0. The summed E-state index contributed by atoms with van der Waals surface area (Å²) in [5.41, 5.74) is 0.454. The third-order valence-corrected chi connectivity index (χ3v) is 5.51. The number of nitrogens with one attached hydrogen (secondary N) is 1. The van der Waals surface area contributed by atoms with Gasteiger partial charge in [-0.15, -0.1) is 0 Å². The van der Waals surface area contributed by atoms with Crippen molar-refractivity contribution >= 4 is 27.2 Å². The number of nitrogens with zero attached hydrogens (tertiary/aromatic N) is 3. The summed E-state index contributed by atoms with van der Waals surface area (Å²) in [5, 5.41) is 26.4. The van der Waals surface area contributed by atoms with Crippen molar-refractivity contribution in [2.75, 3.05) is 6.61 Å². The highest BCUT2D eigenvalue weighted by Crippen LogP contribution is 3.02. The molecule has 3 rings (SSSR count). The van der Waals surface area contributed by atoms with Gasteiger partial charge >= 0.3 is 10.2 Å². The zero-order valence-corrected chi connectivity index (χ0v) is 16.5. The van der Waals surface area contributed by atoms with Gasteiger partial charge in [-0.25, -0.2) is 9.67 Å². The first-order valence-electron chi connectivity index (χ1n) is 8.65. The minimum absolute atomic E-state index is 0.0139. The third-order valence-electron chi connectivity index (χ3n) is 4.35. The van der Waals surface area contributed by atoms with Gasteiger partial charge in [0.25, 0.3) is 0 Å². The van der Waals surface area contributed by atoms with Crippen molar-refractivity contribution in [3.8, 4) is 5.69 Å². The molecule has 0 aliphatic carbocycles. The fourth-order valence-electron chi connectivity index (χ4n) is 2.91. The van der Waals surface area contributed by atoms with E-state index in [1.807, 2.05) is 0 Å². The minimum atomic E-state index is -9.84. The molecule has 0 saturated carbocycles. The first kappa shape index (κ1) is 22.7. The van der Waals surface area contributed by atoms with Crippen molar-refractivity contribution in [3.05, 3.63) is 60.4 Å². The Hall–Kier alpha value is -3.03. The number of hydrogen-bond donors (Lipinski definition) is 3. The molecule has 0 unspecified atom stereocenters. The van der Waals surface area contributed by atoms with Crippen LogP contribution in [0.2, 0.25) is 0 Å². The van der Waals surface area contributed by atoms with E-state index in [1.165, 1.54) is 12.3 Å². The van der Waals surface area contributed by atoms with Gasteiger partial charge in [0.1, 0.15) is 11.0 Å². The molecule has 1 amide bonds. The molecule has 2 heterocycles. The lowest BCUT2D eigenvalue weighted by Gasteiger charge is -2.40. The van der Waals surface area contributed by atoms with E-state index in [1.54, 1.807) is 0 Å². The number of aromatic nitrogens is 3. The van der Waals surface area contributed by atoms with Gasteiger partial charge in [-0.2, -0.15) is 5.10 Å². The average molecular weight is 464 g/mol. The fourth-order valence-corrected chi connectivity index (χ4v) is 3.56. The van der Waals surface area contributed by atoms with E-state index in [4.69, 9.17) is 0 Å². The fraction of sp³-hybridized carbons (Fsp3) is 0.167. The Kier molecular flexibility index (Phi) is 5.12. The molecular weight excluding hydrogens is 447 g/mol. The number of amides is 1. The molecule has 13 heteroatoms. The number of aliphatic hydroxyl groups excluding tert-OH is 2. The molecule has 0 saturated heterocycles. The average Bonchev–Trinajstić information content (AvgIpc) is 3.08. The Morgan fingerprint density at radius 2 is 1.84 bits per heavy atom. The molecule has 0 bridgehead atoms. The Labute approximate surface area is 172 Å². The molecule has 168 valence electrons. The van der Waals surface area contributed by atoms with Crippen molar-refractivity contribution in [3.63, 3.8) is 0 Å². The summed E-state index contributed by atoms with van der Waals surface area (Å²) >= 11 is 0. The lowest BCUT2D eigenvalue weighted by molar-refractivity contribution is -0.116. The second-order valence-corrected chi connectivity index (χ2v) is 8.95. The minimum Gasteiger partial charge on any atom is -0.393 e. The number of pyridine rings is 1. The molecular formula is C18H17F5N4O3S. The Bertz CT molecular complexity index is 1160. The maximum Gasteiger partial charge on any atom is 0.310 e. The molecule has 2 aromatic heterocycles. The molecule has 0 aliphatic rings. The zero-order valence-electron chi connectivity index (χ0n) is 15.7. The van der Waals surface area contributed by atoms with Crippen LogP contribution >= 0.6 is 10.2 Å². The number of fused-ring (bicyclic) bond motifs is 1. The summed E-state index contributed by atoms with van der Waals surface area (Å²) in [6.45, 7) is 2.52. The molecule has 0 aliphatic heterocycles. The molecule has 0 radical (unpaired) electrons. The van der Waals surface area contributed by atoms with Crippen LogP contribution in [0.15, 0.2) is 54.1 Å². The van der Waals surface area contributed by atoms with Crippen molar-refractivity contribution in [2.24, 2.45) is 0 Å². The lowest BCUT2D eigenvalue weighted by Crippen LogP contribution is -2.20. The highest BCUT2D eigenvalue weighted by molar-refractivity contribution is 8.45. The van der Waals surface area contributed by atoms with Crippen LogP contribution in [0.1, 0.15) is 17.4 Å². The quantitative estimate of drug-likeness (QED) is 0.364. The van der Waals surface area contributed by atoms with Crippen LogP contribution in [0.4, 0.5) is 19.4 Å². The number of hydrogen-bond acceptors (Lipinski definition) is 5. The summed E-state index contributed by atoms with van der Waals surface area (Å²) in [6.07, 6.45) is 0.969. The number of benzene rings is 1. The summed E-state index contributed by atoms with van der Waals surface area (Å²) in [7, 11) is -9.84. The van der Waals surface area contributed by atoms with Gasteiger partial charge in [0.05, 0.1) is 29.9 Å². The highest BCUT2D eigenvalue weighted by Gasteiger charge is 2.65. The van der Waals surface area contributed by atoms with Crippen LogP contribution in [0.25, 0.3) is 16.7 Å². The largest absolute Gasteiger partial charge is 0.393 e. The molecule has 0 spiro atoms. The van der Waals surface area contributed by atoms with Crippen molar-refractivity contribution in [1.82, 2.24) is 20.1 Å². The van der Waals surface area contributed by atoms with E-state index < -0.39 is 33.7 Å². The normalized spacial score (nSPS) is 15.2. The second kappa shape index (κ2) is 7.00. The zero-order chi connectivity index (χ0) is 23.1. The smallest absolute Gasteiger partial charge is 0.310 e. The summed E-state index contributed by atoms with van der Waals surface area (Å²) in [5.74, 6) is -0.531. The second-order valence-electron chi connectivity index (χ2n) is 6.54. The maximum absolute atomic E-state index is 13.0. The molecule has 1 atom stereocenters. The van der Waals surface area contributed by atoms with Gasteiger partial charge in [-0.05, 0) is 42.0 Å². The third kappa shape index (κ3) is 4.68. The molecule has 0 fully saturated rings. The predicted octanol–water partition coefficient (Wildman–Crippen LogP) is 3.91. The molecule has 31 heavy (non-hydrogen) atoms. The monoisotopic (exact) mass is 464 g/mol. The van der Waals surface area contributed by atoms with Crippen molar-refractivity contribution in [1.29, 1.82) is 0 Å². The Balaban J connectivity index is 2.17. The summed E-state index contributed by atoms with van der Waals surface area (Å²) in [6, 6.07) is 3.52. The van der Waals surface area contributed by atoms with Gasteiger partial charge in [-0.3, -0.25) is 4.79 Å². The number of aliphatic hydroxyl groups is 2. The van der Waals surface area contributed by atoms with E-state index in [9.17, 15) is 34.4 Å². The predicted molar refractivity (Wildman–Crippen MR) is 104 cm³/mol. The van der Waals surface area contributed by atoms with Crippen LogP contribution < -0.4 is 5.32 Å². The summed E-state index contributed by atoms with van der Waals surface area (Å²) < 4.78 is 66.1. The van der Waals surface area contributed by atoms with E-state index in [0.717, 1.165) is 22.9 Å².